The number of anilines is 2. The molecule has 1 heterocycles. The summed E-state index contributed by atoms with van der Waals surface area (Å²) in [7, 11) is 0. The monoisotopic (exact) mass is 379 g/mol. The Morgan fingerprint density at radius 1 is 1.04 bits per heavy atom. The number of benzene rings is 2. The number of allylic oxidation sites excluding steroid dienone is 2. The highest BCUT2D eigenvalue weighted by Gasteiger charge is 2.08. The number of Topliss-reactive ketones (excluding diaryl/α,β-unsaturated/α-hetero) is 1. The molecule has 0 radical (unpaired) electrons. The fourth-order valence-corrected chi connectivity index (χ4v) is 2.98. The van der Waals surface area contributed by atoms with Crippen molar-refractivity contribution in [3.63, 3.8) is 0 Å². The standard InChI is InChI=1S/C19H17N5O2S/c1-12(25)17(13(2)26)22-21-16-10-8-14(9-11-16)18-23-24-19(27-18)20-15-6-4-3-5-7-15/h3-11,25H,1-2H3,(H,20,24)/b17-12-,22-21?. The average molecular weight is 379 g/mol. The van der Waals surface area contributed by atoms with Crippen LogP contribution in [0.4, 0.5) is 16.5 Å². The smallest absolute Gasteiger partial charge is 0.210 e. The van der Waals surface area contributed by atoms with Gasteiger partial charge in [0.1, 0.15) is 10.8 Å². The minimum absolute atomic E-state index is 0.0557. The van der Waals surface area contributed by atoms with Gasteiger partial charge in [-0.2, -0.15) is 5.11 Å². The highest BCUT2D eigenvalue weighted by Crippen LogP contribution is 2.29. The van der Waals surface area contributed by atoms with Gasteiger partial charge in [-0.15, -0.1) is 15.3 Å². The van der Waals surface area contributed by atoms with Crippen molar-refractivity contribution in [3.05, 3.63) is 66.1 Å². The molecule has 27 heavy (non-hydrogen) atoms. The molecule has 1 aromatic heterocycles. The lowest BCUT2D eigenvalue weighted by Crippen LogP contribution is -1.96. The van der Waals surface area contributed by atoms with E-state index in [0.29, 0.717) is 10.8 Å². The van der Waals surface area contributed by atoms with Crippen LogP contribution in [0.5, 0.6) is 0 Å². The number of ketones is 1. The van der Waals surface area contributed by atoms with E-state index in [9.17, 15) is 9.90 Å². The lowest BCUT2D eigenvalue weighted by atomic mass is 10.2. The van der Waals surface area contributed by atoms with Crippen LogP contribution in [-0.4, -0.2) is 21.1 Å². The summed E-state index contributed by atoms with van der Waals surface area (Å²) in [5.74, 6) is -0.502. The van der Waals surface area contributed by atoms with E-state index in [1.165, 1.54) is 25.2 Å². The van der Waals surface area contributed by atoms with Crippen molar-refractivity contribution in [2.45, 2.75) is 13.8 Å². The number of para-hydroxylation sites is 1. The van der Waals surface area contributed by atoms with Crippen molar-refractivity contribution in [1.82, 2.24) is 10.2 Å². The molecule has 2 aromatic carbocycles. The van der Waals surface area contributed by atoms with Crippen LogP contribution >= 0.6 is 11.3 Å². The van der Waals surface area contributed by atoms with Gasteiger partial charge in [0.15, 0.2) is 11.5 Å². The Balaban J connectivity index is 1.72. The molecule has 2 N–H and O–H groups in total. The maximum atomic E-state index is 11.4. The van der Waals surface area contributed by atoms with Crippen LogP contribution in [0, 0.1) is 0 Å². The molecule has 0 amide bonds. The lowest BCUT2D eigenvalue weighted by Gasteiger charge is -2.00. The van der Waals surface area contributed by atoms with Crippen LogP contribution in [0.1, 0.15) is 13.8 Å². The molecule has 0 atom stereocenters. The number of rotatable bonds is 6. The highest BCUT2D eigenvalue weighted by molar-refractivity contribution is 7.18. The van der Waals surface area contributed by atoms with E-state index < -0.39 is 0 Å². The summed E-state index contributed by atoms with van der Waals surface area (Å²) in [4.78, 5) is 11.4. The number of carbonyl (C=O) groups is 1. The molecule has 0 aliphatic heterocycles. The van der Waals surface area contributed by atoms with Gasteiger partial charge >= 0.3 is 0 Å². The van der Waals surface area contributed by atoms with Crippen LogP contribution in [0.15, 0.2) is 76.3 Å². The fraction of sp³-hybridized carbons (Fsp3) is 0.105. The van der Waals surface area contributed by atoms with Gasteiger partial charge in [-0.3, -0.25) is 4.79 Å². The zero-order chi connectivity index (χ0) is 19.2. The van der Waals surface area contributed by atoms with Gasteiger partial charge in [-0.05, 0) is 43.3 Å². The summed E-state index contributed by atoms with van der Waals surface area (Å²) < 4.78 is 0. The Labute approximate surface area is 160 Å². The normalized spacial score (nSPS) is 12.1. The zero-order valence-electron chi connectivity index (χ0n) is 14.7. The predicted molar refractivity (Wildman–Crippen MR) is 106 cm³/mol. The van der Waals surface area contributed by atoms with Gasteiger partial charge < -0.3 is 10.4 Å². The molecule has 0 bridgehead atoms. The Hall–Kier alpha value is -3.39. The van der Waals surface area contributed by atoms with Gasteiger partial charge in [0.2, 0.25) is 5.13 Å². The lowest BCUT2D eigenvalue weighted by molar-refractivity contribution is -0.113. The largest absolute Gasteiger partial charge is 0.510 e. The fourth-order valence-electron chi connectivity index (χ4n) is 2.21. The molecule has 0 spiro atoms. The first kappa shape index (κ1) is 18.4. The van der Waals surface area contributed by atoms with Gasteiger partial charge in [0.05, 0.1) is 5.69 Å². The topological polar surface area (TPSA) is 99.8 Å². The van der Waals surface area contributed by atoms with Gasteiger partial charge in [0.25, 0.3) is 0 Å². The van der Waals surface area contributed by atoms with E-state index in [0.717, 1.165) is 16.3 Å². The predicted octanol–water partition coefficient (Wildman–Crippen LogP) is 5.41. The average Bonchev–Trinajstić information content (AvgIpc) is 3.11. The summed E-state index contributed by atoms with van der Waals surface area (Å²) in [6.07, 6.45) is 0. The van der Waals surface area contributed by atoms with Crippen molar-refractivity contribution < 1.29 is 9.90 Å². The number of azo groups is 1. The van der Waals surface area contributed by atoms with Gasteiger partial charge in [-0.25, -0.2) is 0 Å². The van der Waals surface area contributed by atoms with Crippen LogP contribution in [-0.2, 0) is 4.79 Å². The van der Waals surface area contributed by atoms with Gasteiger partial charge in [0, 0.05) is 18.2 Å². The molecule has 136 valence electrons. The van der Waals surface area contributed by atoms with E-state index in [1.807, 2.05) is 42.5 Å². The third kappa shape index (κ3) is 4.83. The number of aliphatic hydroxyl groups excluding tert-OH is 1. The summed E-state index contributed by atoms with van der Waals surface area (Å²) in [6, 6.07) is 17.0. The van der Waals surface area contributed by atoms with Crippen molar-refractivity contribution in [2.24, 2.45) is 10.2 Å². The Morgan fingerprint density at radius 3 is 2.37 bits per heavy atom. The number of aromatic nitrogens is 2. The van der Waals surface area contributed by atoms with Crippen LogP contribution < -0.4 is 5.32 Å². The SMILES string of the molecule is CC(=O)/C(N=Nc1ccc(-c2nnc(Nc3ccccc3)s2)cc1)=C(\C)O. The first-order chi connectivity index (χ1) is 13.0. The molecule has 0 aliphatic carbocycles. The Morgan fingerprint density at radius 2 is 1.74 bits per heavy atom. The minimum Gasteiger partial charge on any atom is -0.510 e. The maximum absolute atomic E-state index is 11.4. The first-order valence-corrected chi connectivity index (χ1v) is 8.93. The van der Waals surface area contributed by atoms with Crippen LogP contribution in [0.2, 0.25) is 0 Å². The van der Waals surface area contributed by atoms with Gasteiger partial charge in [-0.1, -0.05) is 29.5 Å². The second kappa shape index (κ2) is 8.33. The Bertz CT molecular complexity index is 990. The number of hydrogen-bond acceptors (Lipinski definition) is 8. The highest BCUT2D eigenvalue weighted by atomic mass is 32.1. The maximum Gasteiger partial charge on any atom is 0.210 e. The zero-order valence-corrected chi connectivity index (χ0v) is 15.6. The molecule has 0 saturated heterocycles. The molecule has 3 aromatic rings. The second-order valence-corrected chi connectivity index (χ2v) is 6.62. The van der Waals surface area contributed by atoms with Crippen molar-refractivity contribution in [2.75, 3.05) is 5.32 Å². The first-order valence-electron chi connectivity index (χ1n) is 8.11. The molecule has 0 fully saturated rings. The van der Waals surface area contributed by atoms with Crippen molar-refractivity contribution in [3.8, 4) is 10.6 Å². The molecule has 0 unspecified atom stereocenters. The quantitative estimate of drug-likeness (QED) is 0.339. The number of aliphatic hydroxyl groups is 1. The van der Waals surface area contributed by atoms with E-state index in [1.54, 1.807) is 12.1 Å². The third-order valence-electron chi connectivity index (χ3n) is 3.51. The summed E-state index contributed by atoms with van der Waals surface area (Å²) in [5, 5.41) is 30.3. The molecule has 7 nitrogen and oxygen atoms in total. The molecule has 0 aliphatic rings. The second-order valence-electron chi connectivity index (χ2n) is 5.64. The van der Waals surface area contributed by atoms with Crippen molar-refractivity contribution >= 4 is 33.6 Å². The van der Waals surface area contributed by atoms with E-state index in [2.05, 4.69) is 25.7 Å². The van der Waals surface area contributed by atoms with E-state index >= 15 is 0 Å². The summed E-state index contributed by atoms with van der Waals surface area (Å²) in [6.45, 7) is 2.73. The van der Waals surface area contributed by atoms with Crippen molar-refractivity contribution in [1.29, 1.82) is 0 Å². The molecular formula is C19H17N5O2S. The number of carbonyl (C=O) groups excluding carboxylic acids is 1. The van der Waals surface area contributed by atoms with Crippen LogP contribution in [0.3, 0.4) is 0 Å². The molecule has 0 saturated carbocycles. The van der Waals surface area contributed by atoms with E-state index in [4.69, 9.17) is 0 Å². The summed E-state index contributed by atoms with van der Waals surface area (Å²) >= 11 is 1.44. The van der Waals surface area contributed by atoms with E-state index in [-0.39, 0.29) is 17.2 Å². The van der Waals surface area contributed by atoms with Crippen LogP contribution in [0.25, 0.3) is 10.6 Å². The molecular weight excluding hydrogens is 362 g/mol. The summed E-state index contributed by atoms with van der Waals surface area (Å²) in [5.41, 5.74) is 2.35. The minimum atomic E-state index is -0.345. The number of nitrogens with zero attached hydrogens (tertiary/aromatic N) is 4. The number of hydrogen-bond donors (Lipinski definition) is 2. The third-order valence-corrected chi connectivity index (χ3v) is 4.39. The molecule has 3 rings (SSSR count). The molecule has 8 heteroatoms. The Kier molecular flexibility index (Phi) is 5.68. The number of nitrogens with one attached hydrogen (secondary N) is 1.